The van der Waals surface area contributed by atoms with Gasteiger partial charge in [-0.1, -0.05) is 67.6 Å². The van der Waals surface area contributed by atoms with Crippen molar-refractivity contribution in [3.63, 3.8) is 0 Å². The first-order valence-corrected chi connectivity index (χ1v) is 11.3. The Morgan fingerprint density at radius 3 is 2.86 bits per heavy atom. The van der Waals surface area contributed by atoms with Crippen LogP contribution in [0, 0.1) is 5.92 Å². The number of halogens is 1. The number of hydrogen-bond acceptors (Lipinski definition) is 5. The van der Waals surface area contributed by atoms with Crippen LogP contribution in [-0.4, -0.2) is 33.1 Å². The van der Waals surface area contributed by atoms with Gasteiger partial charge in [0.2, 0.25) is 11.1 Å². The summed E-state index contributed by atoms with van der Waals surface area (Å²) >= 11 is 7.29. The molecule has 1 amide bonds. The summed E-state index contributed by atoms with van der Waals surface area (Å²) in [7, 11) is 0. The molecule has 8 heteroatoms. The minimum atomic E-state index is -0.0428. The van der Waals surface area contributed by atoms with Gasteiger partial charge in [-0.3, -0.25) is 4.79 Å². The Balaban J connectivity index is 1.37. The molecule has 0 bridgehead atoms. The van der Waals surface area contributed by atoms with E-state index in [4.69, 9.17) is 17.4 Å². The van der Waals surface area contributed by atoms with Gasteiger partial charge in [0, 0.05) is 18.0 Å². The van der Waals surface area contributed by atoms with Gasteiger partial charge < -0.3 is 11.2 Å². The molecule has 0 aliphatic heterocycles. The van der Waals surface area contributed by atoms with E-state index < -0.39 is 0 Å². The Morgan fingerprint density at radius 1 is 1.25 bits per heavy atom. The van der Waals surface area contributed by atoms with E-state index in [-0.39, 0.29) is 11.7 Å². The molecular weight excluding hydrogens is 394 g/mol. The fourth-order valence-corrected chi connectivity index (χ4v) is 4.52. The number of aromatic nitrogens is 3. The van der Waals surface area contributed by atoms with E-state index in [9.17, 15) is 4.79 Å². The second-order valence-corrected chi connectivity index (χ2v) is 8.71. The number of nitrogen functional groups attached to an aromatic ring is 1. The van der Waals surface area contributed by atoms with Crippen molar-refractivity contribution in [2.45, 2.75) is 56.5 Å². The molecule has 0 atom stereocenters. The summed E-state index contributed by atoms with van der Waals surface area (Å²) in [6.07, 6.45) is 9.39. The summed E-state index contributed by atoms with van der Waals surface area (Å²) in [5, 5.41) is 12.6. The number of aryl methyl sites for hydroxylation is 1. The molecule has 1 heterocycles. The molecule has 2 aromatic rings. The van der Waals surface area contributed by atoms with Crippen LogP contribution >= 0.6 is 23.4 Å². The summed E-state index contributed by atoms with van der Waals surface area (Å²) in [5.41, 5.74) is 1.10. The van der Waals surface area contributed by atoms with Crippen LogP contribution in [0.25, 0.3) is 0 Å². The van der Waals surface area contributed by atoms with Crippen LogP contribution in [0.15, 0.2) is 29.4 Å². The Labute approximate surface area is 175 Å². The highest BCUT2D eigenvalue weighted by molar-refractivity contribution is 7.99. The number of carbonyl (C=O) groups excluding carboxylic acids is 1. The van der Waals surface area contributed by atoms with Crippen molar-refractivity contribution in [2.75, 3.05) is 18.1 Å². The summed E-state index contributed by atoms with van der Waals surface area (Å²) in [4.78, 5) is 12.1. The highest BCUT2D eigenvalue weighted by atomic mass is 35.5. The first kappa shape index (κ1) is 21.0. The fraction of sp³-hybridized carbons (Fsp3) is 0.550. The molecule has 6 nitrogen and oxygen atoms in total. The van der Waals surface area contributed by atoms with Crippen LogP contribution in [0.4, 0.5) is 0 Å². The number of nitrogens with one attached hydrogen (secondary N) is 1. The van der Waals surface area contributed by atoms with E-state index in [1.807, 2.05) is 24.3 Å². The van der Waals surface area contributed by atoms with Crippen molar-refractivity contribution in [3.05, 3.63) is 40.7 Å². The van der Waals surface area contributed by atoms with Gasteiger partial charge >= 0.3 is 0 Å². The predicted octanol–water partition coefficient (Wildman–Crippen LogP) is 3.61. The van der Waals surface area contributed by atoms with E-state index in [2.05, 4.69) is 15.5 Å². The number of amides is 1. The van der Waals surface area contributed by atoms with Crippen molar-refractivity contribution < 1.29 is 4.79 Å². The van der Waals surface area contributed by atoms with Gasteiger partial charge in [-0.25, -0.2) is 4.68 Å². The lowest BCUT2D eigenvalue weighted by Crippen LogP contribution is -2.27. The zero-order chi connectivity index (χ0) is 19.8. The zero-order valence-electron chi connectivity index (χ0n) is 16.1. The van der Waals surface area contributed by atoms with Crippen molar-refractivity contribution >= 4 is 29.3 Å². The average molecular weight is 422 g/mol. The second-order valence-electron chi connectivity index (χ2n) is 7.33. The van der Waals surface area contributed by atoms with E-state index in [0.717, 1.165) is 36.6 Å². The van der Waals surface area contributed by atoms with Gasteiger partial charge in [-0.2, -0.15) is 0 Å². The maximum absolute atomic E-state index is 12.1. The molecule has 1 fully saturated rings. The number of hydrogen-bond donors (Lipinski definition) is 2. The van der Waals surface area contributed by atoms with Crippen LogP contribution < -0.4 is 11.2 Å². The number of nitrogens with two attached hydrogens (primary N) is 1. The van der Waals surface area contributed by atoms with E-state index in [1.54, 1.807) is 0 Å². The first-order valence-electron chi connectivity index (χ1n) is 9.95. The molecule has 0 unspecified atom stereocenters. The second kappa shape index (κ2) is 10.7. The van der Waals surface area contributed by atoms with Crippen molar-refractivity contribution in [1.29, 1.82) is 0 Å². The number of thioether (sulfide) groups is 1. The zero-order valence-corrected chi connectivity index (χ0v) is 17.6. The van der Waals surface area contributed by atoms with Crippen LogP contribution in [0.2, 0.25) is 5.02 Å². The molecule has 1 aromatic carbocycles. The molecular formula is C20H28ClN5OS. The number of rotatable bonds is 9. The number of carbonyl (C=O) groups is 1. The maximum atomic E-state index is 12.1. The van der Waals surface area contributed by atoms with Crippen molar-refractivity contribution in [2.24, 2.45) is 5.92 Å². The highest BCUT2D eigenvalue weighted by Crippen LogP contribution is 2.27. The number of nitrogens with zero attached hydrogens (tertiary/aromatic N) is 3. The normalized spacial score (nSPS) is 14.9. The Bertz CT molecular complexity index is 776. The SMILES string of the molecule is Nn1c(CCC2CCCCC2)nnc1SCC(=O)NCCc1cccc(Cl)c1. The lowest BCUT2D eigenvalue weighted by atomic mass is 9.86. The quantitative estimate of drug-likeness (QED) is 0.477. The highest BCUT2D eigenvalue weighted by Gasteiger charge is 2.16. The molecule has 0 radical (unpaired) electrons. The molecule has 3 N–H and O–H groups in total. The van der Waals surface area contributed by atoms with Crippen LogP contribution in [-0.2, 0) is 17.6 Å². The third kappa shape index (κ3) is 6.41. The maximum Gasteiger partial charge on any atom is 0.230 e. The smallest absolute Gasteiger partial charge is 0.230 e. The lowest BCUT2D eigenvalue weighted by molar-refractivity contribution is -0.118. The monoisotopic (exact) mass is 421 g/mol. The molecule has 1 aliphatic carbocycles. The van der Waals surface area contributed by atoms with Crippen molar-refractivity contribution in [3.8, 4) is 0 Å². The molecule has 1 aromatic heterocycles. The van der Waals surface area contributed by atoms with Gasteiger partial charge in [0.25, 0.3) is 0 Å². The van der Waals surface area contributed by atoms with Crippen LogP contribution in [0.5, 0.6) is 0 Å². The molecule has 0 saturated heterocycles. The molecule has 1 aliphatic rings. The largest absolute Gasteiger partial charge is 0.355 e. The minimum Gasteiger partial charge on any atom is -0.355 e. The van der Waals surface area contributed by atoms with E-state index >= 15 is 0 Å². The molecule has 152 valence electrons. The summed E-state index contributed by atoms with van der Waals surface area (Å²) in [6, 6.07) is 7.66. The van der Waals surface area contributed by atoms with Gasteiger partial charge in [-0.15, -0.1) is 10.2 Å². The minimum absolute atomic E-state index is 0.0428. The van der Waals surface area contributed by atoms with Gasteiger partial charge in [0.05, 0.1) is 5.75 Å². The van der Waals surface area contributed by atoms with Gasteiger partial charge in [0.15, 0.2) is 5.82 Å². The Hall–Kier alpha value is -1.73. The molecule has 3 rings (SSSR count). The summed E-state index contributed by atoms with van der Waals surface area (Å²) < 4.78 is 1.53. The predicted molar refractivity (Wildman–Crippen MR) is 114 cm³/mol. The van der Waals surface area contributed by atoms with Gasteiger partial charge in [-0.05, 0) is 36.5 Å². The molecule has 28 heavy (non-hydrogen) atoms. The van der Waals surface area contributed by atoms with E-state index in [0.29, 0.717) is 16.7 Å². The Morgan fingerprint density at radius 2 is 2.07 bits per heavy atom. The molecule has 0 spiro atoms. The van der Waals surface area contributed by atoms with Crippen LogP contribution in [0.3, 0.4) is 0 Å². The summed E-state index contributed by atoms with van der Waals surface area (Å²) in [6.45, 7) is 0.571. The third-order valence-electron chi connectivity index (χ3n) is 5.19. The molecule has 1 saturated carbocycles. The standard InChI is InChI=1S/C20H28ClN5OS/c21-17-8-4-7-16(13-17)11-12-23-19(27)14-28-20-25-24-18(26(20)22)10-9-15-5-2-1-3-6-15/h4,7-8,13,15H,1-3,5-6,9-12,14,22H2,(H,23,27). The van der Waals surface area contributed by atoms with Gasteiger partial charge in [0.1, 0.15) is 0 Å². The number of benzene rings is 1. The third-order valence-corrected chi connectivity index (χ3v) is 6.37. The van der Waals surface area contributed by atoms with Crippen LogP contribution in [0.1, 0.15) is 49.9 Å². The topological polar surface area (TPSA) is 85.8 Å². The average Bonchev–Trinajstić information content (AvgIpc) is 3.05. The van der Waals surface area contributed by atoms with Crippen molar-refractivity contribution in [1.82, 2.24) is 20.2 Å². The first-order chi connectivity index (χ1) is 13.6. The fourth-order valence-electron chi connectivity index (χ4n) is 3.61. The van der Waals surface area contributed by atoms with E-state index in [1.165, 1.54) is 48.5 Å². The lowest BCUT2D eigenvalue weighted by Gasteiger charge is -2.20. The summed E-state index contributed by atoms with van der Waals surface area (Å²) in [5.74, 6) is 7.94. The Kier molecular flexibility index (Phi) is 8.03.